The van der Waals surface area contributed by atoms with Gasteiger partial charge in [0.1, 0.15) is 0 Å². The van der Waals surface area contributed by atoms with E-state index in [1.807, 2.05) is 0 Å². The molecule has 1 unspecified atom stereocenters. The van der Waals surface area contributed by atoms with Crippen molar-refractivity contribution < 1.29 is 4.74 Å². The average molecular weight is 468 g/mol. The maximum absolute atomic E-state index is 5.08. The number of guanidine groups is 1. The molecule has 0 spiro atoms. The van der Waals surface area contributed by atoms with Crippen LogP contribution in [-0.4, -0.2) is 64.3 Å². The highest BCUT2D eigenvalue weighted by Crippen LogP contribution is 2.18. The molecular formula is C17H33IN4OS. The van der Waals surface area contributed by atoms with E-state index in [0.29, 0.717) is 5.92 Å². The summed E-state index contributed by atoms with van der Waals surface area (Å²) >= 11 is 1.74. The van der Waals surface area contributed by atoms with E-state index in [9.17, 15) is 0 Å². The summed E-state index contributed by atoms with van der Waals surface area (Å²) in [5.41, 5.74) is 1.37. The highest BCUT2D eigenvalue weighted by Gasteiger charge is 2.06. The Morgan fingerprint density at radius 1 is 1.38 bits per heavy atom. The van der Waals surface area contributed by atoms with E-state index < -0.39 is 0 Å². The molecule has 1 heterocycles. The molecule has 140 valence electrons. The van der Waals surface area contributed by atoms with Crippen LogP contribution in [0.15, 0.2) is 21.8 Å². The molecule has 0 saturated carbocycles. The second-order valence-corrected chi connectivity index (χ2v) is 6.53. The monoisotopic (exact) mass is 468 g/mol. The standard InChI is InChI=1S/C17H32N4OS.HI/c1-5-18-17(19-8-10-21(3)9-6-11-22-4)20-13-15(2)16-7-12-23-14-16;/h7,12,14-15H,5-6,8-11,13H2,1-4H3,(H2,18,19,20);1H. The predicted octanol–water partition coefficient (Wildman–Crippen LogP) is 2.99. The van der Waals surface area contributed by atoms with Gasteiger partial charge in [-0.3, -0.25) is 4.99 Å². The van der Waals surface area contributed by atoms with Crippen molar-refractivity contribution in [1.29, 1.82) is 0 Å². The fraction of sp³-hybridized carbons (Fsp3) is 0.706. The Kier molecular flexibility index (Phi) is 14.7. The van der Waals surface area contributed by atoms with E-state index in [-0.39, 0.29) is 24.0 Å². The molecule has 0 aliphatic carbocycles. The topological polar surface area (TPSA) is 48.9 Å². The zero-order valence-electron chi connectivity index (χ0n) is 15.4. The molecule has 1 aromatic heterocycles. The minimum absolute atomic E-state index is 0. The van der Waals surface area contributed by atoms with Gasteiger partial charge in [0.25, 0.3) is 0 Å². The van der Waals surface area contributed by atoms with E-state index in [1.54, 1.807) is 18.4 Å². The number of hydrogen-bond acceptors (Lipinski definition) is 4. The summed E-state index contributed by atoms with van der Waals surface area (Å²) in [6.07, 6.45) is 1.07. The molecule has 24 heavy (non-hydrogen) atoms. The van der Waals surface area contributed by atoms with Crippen molar-refractivity contribution in [2.24, 2.45) is 4.99 Å². The lowest BCUT2D eigenvalue weighted by Gasteiger charge is -2.18. The number of ether oxygens (including phenoxy) is 1. The van der Waals surface area contributed by atoms with Gasteiger partial charge in [-0.2, -0.15) is 11.3 Å². The quantitative estimate of drug-likeness (QED) is 0.227. The molecule has 2 N–H and O–H groups in total. The van der Waals surface area contributed by atoms with Crippen molar-refractivity contribution in [2.75, 3.05) is 53.5 Å². The number of nitrogens with one attached hydrogen (secondary N) is 2. The molecule has 0 aliphatic heterocycles. The predicted molar refractivity (Wildman–Crippen MR) is 116 cm³/mol. The van der Waals surface area contributed by atoms with Gasteiger partial charge in [0.05, 0.1) is 0 Å². The van der Waals surface area contributed by atoms with Gasteiger partial charge in [-0.05, 0) is 42.8 Å². The molecule has 0 fully saturated rings. The molecule has 0 aromatic carbocycles. The minimum Gasteiger partial charge on any atom is -0.385 e. The Morgan fingerprint density at radius 3 is 2.79 bits per heavy atom. The van der Waals surface area contributed by atoms with Crippen LogP contribution < -0.4 is 10.6 Å². The summed E-state index contributed by atoms with van der Waals surface area (Å²) in [5.74, 6) is 1.35. The second-order valence-electron chi connectivity index (χ2n) is 5.75. The van der Waals surface area contributed by atoms with Crippen LogP contribution in [0.1, 0.15) is 31.7 Å². The van der Waals surface area contributed by atoms with Gasteiger partial charge >= 0.3 is 0 Å². The van der Waals surface area contributed by atoms with Crippen molar-refractivity contribution in [3.05, 3.63) is 22.4 Å². The summed E-state index contributed by atoms with van der Waals surface area (Å²) in [6, 6.07) is 2.18. The van der Waals surface area contributed by atoms with Gasteiger partial charge in [-0.1, -0.05) is 6.92 Å². The largest absolute Gasteiger partial charge is 0.385 e. The van der Waals surface area contributed by atoms with Gasteiger partial charge in [-0.25, -0.2) is 0 Å². The minimum atomic E-state index is 0. The Bertz CT molecular complexity index is 428. The highest BCUT2D eigenvalue weighted by atomic mass is 127. The van der Waals surface area contributed by atoms with Crippen LogP contribution in [0.2, 0.25) is 0 Å². The molecule has 1 rings (SSSR count). The van der Waals surface area contributed by atoms with E-state index in [2.05, 4.69) is 53.3 Å². The Morgan fingerprint density at radius 2 is 2.17 bits per heavy atom. The number of hydrogen-bond donors (Lipinski definition) is 2. The fourth-order valence-electron chi connectivity index (χ4n) is 2.19. The van der Waals surface area contributed by atoms with Crippen molar-refractivity contribution in [3.8, 4) is 0 Å². The second kappa shape index (κ2) is 14.9. The molecule has 0 amide bonds. The van der Waals surface area contributed by atoms with E-state index >= 15 is 0 Å². The van der Waals surface area contributed by atoms with Gasteiger partial charge < -0.3 is 20.3 Å². The third-order valence-corrected chi connectivity index (χ3v) is 4.36. The zero-order valence-corrected chi connectivity index (χ0v) is 18.5. The first-order valence-electron chi connectivity index (χ1n) is 8.39. The van der Waals surface area contributed by atoms with Crippen LogP contribution in [0.5, 0.6) is 0 Å². The van der Waals surface area contributed by atoms with Crippen LogP contribution in [0, 0.1) is 0 Å². The Balaban J connectivity index is 0.00000529. The molecule has 0 radical (unpaired) electrons. The number of aliphatic imine (C=N–C) groups is 1. The molecule has 1 aromatic rings. The van der Waals surface area contributed by atoms with E-state index in [1.165, 1.54) is 5.56 Å². The SMILES string of the molecule is CCNC(=NCC(C)c1ccsc1)NCCN(C)CCCOC.I. The summed E-state index contributed by atoms with van der Waals surface area (Å²) in [7, 11) is 3.89. The Hall–Kier alpha value is -0.380. The van der Waals surface area contributed by atoms with Crippen LogP contribution in [0.25, 0.3) is 0 Å². The lowest BCUT2D eigenvalue weighted by Crippen LogP contribution is -2.41. The van der Waals surface area contributed by atoms with Gasteiger partial charge in [-0.15, -0.1) is 24.0 Å². The molecule has 0 saturated heterocycles. The summed E-state index contributed by atoms with van der Waals surface area (Å²) < 4.78 is 5.08. The first kappa shape index (κ1) is 23.6. The molecular weight excluding hydrogens is 435 g/mol. The van der Waals surface area contributed by atoms with Crippen LogP contribution in [0.3, 0.4) is 0 Å². The lowest BCUT2D eigenvalue weighted by molar-refractivity contribution is 0.180. The first-order chi connectivity index (χ1) is 11.2. The molecule has 7 heteroatoms. The highest BCUT2D eigenvalue weighted by molar-refractivity contribution is 14.0. The lowest BCUT2D eigenvalue weighted by atomic mass is 10.1. The van der Waals surface area contributed by atoms with E-state index in [4.69, 9.17) is 9.73 Å². The maximum atomic E-state index is 5.08. The van der Waals surface area contributed by atoms with Gasteiger partial charge in [0, 0.05) is 52.4 Å². The molecule has 1 atom stereocenters. The normalized spacial score (nSPS) is 12.8. The van der Waals surface area contributed by atoms with Crippen molar-refractivity contribution in [2.45, 2.75) is 26.2 Å². The van der Waals surface area contributed by atoms with E-state index in [0.717, 1.165) is 51.7 Å². The summed E-state index contributed by atoms with van der Waals surface area (Å²) in [5, 5.41) is 11.1. The van der Waals surface area contributed by atoms with Gasteiger partial charge in [0.2, 0.25) is 0 Å². The maximum Gasteiger partial charge on any atom is 0.191 e. The van der Waals surface area contributed by atoms with Crippen molar-refractivity contribution >= 4 is 41.3 Å². The van der Waals surface area contributed by atoms with Crippen molar-refractivity contribution in [1.82, 2.24) is 15.5 Å². The molecule has 5 nitrogen and oxygen atoms in total. The first-order valence-corrected chi connectivity index (χ1v) is 9.33. The number of methoxy groups -OCH3 is 1. The number of halogens is 1. The number of nitrogens with zero attached hydrogens (tertiary/aromatic N) is 2. The van der Waals surface area contributed by atoms with Crippen LogP contribution in [-0.2, 0) is 4.74 Å². The van der Waals surface area contributed by atoms with Crippen molar-refractivity contribution in [3.63, 3.8) is 0 Å². The zero-order chi connectivity index (χ0) is 16.9. The summed E-state index contributed by atoms with van der Waals surface area (Å²) in [6.45, 7) is 9.75. The number of thiophene rings is 1. The fourth-order valence-corrected chi connectivity index (χ4v) is 2.97. The number of likely N-dealkylation sites (N-methyl/N-ethyl adjacent to an activating group) is 1. The van der Waals surface area contributed by atoms with Crippen LogP contribution in [0.4, 0.5) is 0 Å². The third-order valence-electron chi connectivity index (χ3n) is 3.65. The molecule has 0 aliphatic rings. The third kappa shape index (κ3) is 10.5. The smallest absolute Gasteiger partial charge is 0.191 e. The van der Waals surface area contributed by atoms with Crippen LogP contribution >= 0.6 is 35.3 Å². The number of rotatable bonds is 11. The Labute approximate surface area is 168 Å². The van der Waals surface area contributed by atoms with Gasteiger partial charge in [0.15, 0.2) is 5.96 Å². The molecule has 0 bridgehead atoms. The average Bonchev–Trinajstić information content (AvgIpc) is 3.07. The summed E-state index contributed by atoms with van der Waals surface area (Å²) in [4.78, 5) is 7.01.